The van der Waals surface area contributed by atoms with Gasteiger partial charge in [-0.05, 0) is 23.7 Å². The van der Waals surface area contributed by atoms with Gasteiger partial charge in [-0.15, -0.1) is 0 Å². The highest BCUT2D eigenvalue weighted by Crippen LogP contribution is 2.24. The van der Waals surface area contributed by atoms with Crippen LogP contribution in [0.25, 0.3) is 11.3 Å². The summed E-state index contributed by atoms with van der Waals surface area (Å²) in [5.41, 5.74) is 1.62. The zero-order valence-electron chi connectivity index (χ0n) is 7.53. The van der Waals surface area contributed by atoms with Gasteiger partial charge in [0.15, 0.2) is 0 Å². The van der Waals surface area contributed by atoms with Crippen LogP contribution in [-0.4, -0.2) is 12.3 Å². The lowest BCUT2D eigenvalue weighted by atomic mass is 10.1. The first-order valence-electron chi connectivity index (χ1n) is 4.06. The number of rotatable bonds is 2. The molecule has 0 atom stereocenters. The van der Waals surface area contributed by atoms with Gasteiger partial charge in [-0.25, -0.2) is 0 Å². The molecular weight excluding hydrogens is 202 g/mol. The second-order valence-electron chi connectivity index (χ2n) is 2.75. The molecule has 14 heavy (non-hydrogen) atoms. The van der Waals surface area contributed by atoms with Gasteiger partial charge in [0.2, 0.25) is 5.22 Å². The summed E-state index contributed by atoms with van der Waals surface area (Å²) in [6.07, 6.45) is 0. The molecule has 1 aromatic heterocycles. The number of benzene rings is 1. The summed E-state index contributed by atoms with van der Waals surface area (Å²) in [5, 5.41) is 4.08. The van der Waals surface area contributed by atoms with Gasteiger partial charge in [0, 0.05) is 11.6 Å². The van der Waals surface area contributed by atoms with Crippen molar-refractivity contribution in [3.05, 3.63) is 35.6 Å². The van der Waals surface area contributed by atoms with Crippen LogP contribution in [0.3, 0.4) is 0 Å². The van der Waals surface area contributed by atoms with Gasteiger partial charge in [0.25, 0.3) is 0 Å². The Hall–Kier alpha value is -1.48. The van der Waals surface area contributed by atoms with Crippen LogP contribution in [0.2, 0.25) is 5.22 Å². The molecule has 3 nitrogen and oxygen atoms in total. The maximum Gasteiger partial charge on any atom is 0.226 e. The van der Waals surface area contributed by atoms with Crippen LogP contribution in [0, 0.1) is 0 Å². The molecule has 72 valence electrons. The molecule has 1 aromatic carbocycles. The summed E-state index contributed by atoms with van der Waals surface area (Å²) in [5.74, 6) is 0.779. The van der Waals surface area contributed by atoms with Crippen molar-refractivity contribution in [2.24, 2.45) is 0 Å². The van der Waals surface area contributed by atoms with Crippen molar-refractivity contribution >= 4 is 11.6 Å². The maximum atomic E-state index is 5.62. The summed E-state index contributed by atoms with van der Waals surface area (Å²) in [6.45, 7) is 0. The highest BCUT2D eigenvalue weighted by molar-refractivity contribution is 6.29. The van der Waals surface area contributed by atoms with E-state index >= 15 is 0 Å². The fourth-order valence-electron chi connectivity index (χ4n) is 1.17. The minimum absolute atomic E-state index is 0.280. The van der Waals surface area contributed by atoms with Crippen molar-refractivity contribution in [1.29, 1.82) is 0 Å². The Morgan fingerprint density at radius 2 is 2.21 bits per heavy atom. The summed E-state index contributed by atoms with van der Waals surface area (Å²) in [7, 11) is 1.62. The SMILES string of the molecule is COc1cccc(-c2cc(Cl)on2)c1. The zero-order chi connectivity index (χ0) is 9.97. The zero-order valence-corrected chi connectivity index (χ0v) is 8.28. The van der Waals surface area contributed by atoms with E-state index in [1.165, 1.54) is 0 Å². The van der Waals surface area contributed by atoms with Crippen molar-refractivity contribution in [3.8, 4) is 17.0 Å². The molecule has 0 saturated heterocycles. The van der Waals surface area contributed by atoms with E-state index in [0.717, 1.165) is 11.3 Å². The van der Waals surface area contributed by atoms with Gasteiger partial charge in [0.1, 0.15) is 11.4 Å². The normalized spacial score (nSPS) is 10.1. The van der Waals surface area contributed by atoms with E-state index in [0.29, 0.717) is 5.69 Å². The number of aromatic nitrogens is 1. The lowest BCUT2D eigenvalue weighted by molar-refractivity contribution is 0.414. The van der Waals surface area contributed by atoms with Crippen LogP contribution in [0.4, 0.5) is 0 Å². The molecule has 2 aromatic rings. The standard InChI is InChI=1S/C10H8ClNO2/c1-13-8-4-2-3-7(5-8)9-6-10(11)14-12-9/h2-6H,1H3. The third-order valence-electron chi connectivity index (χ3n) is 1.85. The van der Waals surface area contributed by atoms with Crippen molar-refractivity contribution in [3.63, 3.8) is 0 Å². The monoisotopic (exact) mass is 209 g/mol. The summed E-state index contributed by atoms with van der Waals surface area (Å²) in [4.78, 5) is 0. The molecule has 1 heterocycles. The summed E-state index contributed by atoms with van der Waals surface area (Å²) < 4.78 is 9.86. The van der Waals surface area contributed by atoms with E-state index in [2.05, 4.69) is 5.16 Å². The molecular formula is C10H8ClNO2. The quantitative estimate of drug-likeness (QED) is 0.763. The predicted octanol–water partition coefficient (Wildman–Crippen LogP) is 3.00. The van der Waals surface area contributed by atoms with Crippen molar-refractivity contribution in [2.45, 2.75) is 0 Å². The second-order valence-corrected chi connectivity index (χ2v) is 3.12. The molecule has 0 aliphatic carbocycles. The van der Waals surface area contributed by atoms with Crippen LogP contribution in [0.5, 0.6) is 5.75 Å². The average Bonchev–Trinajstić information content (AvgIpc) is 2.65. The number of halogens is 1. The number of ether oxygens (including phenoxy) is 1. The Labute approximate surface area is 86.2 Å². The molecule has 0 unspecified atom stereocenters. The lowest BCUT2D eigenvalue weighted by Crippen LogP contribution is -1.83. The van der Waals surface area contributed by atoms with Crippen molar-refractivity contribution in [1.82, 2.24) is 5.16 Å². The first kappa shape index (κ1) is 9.09. The third kappa shape index (κ3) is 1.72. The first-order valence-corrected chi connectivity index (χ1v) is 4.44. The Morgan fingerprint density at radius 1 is 1.36 bits per heavy atom. The predicted molar refractivity (Wildman–Crippen MR) is 53.5 cm³/mol. The van der Waals surface area contributed by atoms with Gasteiger partial charge < -0.3 is 9.26 Å². The average molecular weight is 210 g/mol. The third-order valence-corrected chi connectivity index (χ3v) is 2.03. The van der Waals surface area contributed by atoms with Crippen LogP contribution < -0.4 is 4.74 Å². The molecule has 0 radical (unpaired) electrons. The van der Waals surface area contributed by atoms with Gasteiger partial charge in [0.05, 0.1) is 7.11 Å². The van der Waals surface area contributed by atoms with Crippen molar-refractivity contribution in [2.75, 3.05) is 7.11 Å². The van der Waals surface area contributed by atoms with E-state index in [-0.39, 0.29) is 5.22 Å². The molecule has 0 bridgehead atoms. The van der Waals surface area contributed by atoms with Gasteiger partial charge in [-0.3, -0.25) is 0 Å². The summed E-state index contributed by atoms with van der Waals surface area (Å²) in [6, 6.07) is 9.20. The molecule has 0 aliphatic rings. The lowest BCUT2D eigenvalue weighted by Gasteiger charge is -2.00. The Kier molecular flexibility index (Phi) is 2.41. The molecule has 0 fully saturated rings. The Balaban J connectivity index is 2.41. The molecule has 0 spiro atoms. The van der Waals surface area contributed by atoms with Gasteiger partial charge in [-0.2, -0.15) is 0 Å². The molecule has 0 N–H and O–H groups in total. The Bertz CT molecular complexity index is 439. The number of nitrogens with zero attached hydrogens (tertiary/aromatic N) is 1. The van der Waals surface area contributed by atoms with Gasteiger partial charge >= 0.3 is 0 Å². The smallest absolute Gasteiger partial charge is 0.226 e. The molecule has 0 saturated carbocycles. The molecule has 0 aliphatic heterocycles. The van der Waals surface area contributed by atoms with E-state index < -0.39 is 0 Å². The minimum atomic E-state index is 0.280. The maximum absolute atomic E-state index is 5.62. The number of hydrogen-bond acceptors (Lipinski definition) is 3. The van der Waals surface area contributed by atoms with E-state index in [1.54, 1.807) is 13.2 Å². The van der Waals surface area contributed by atoms with E-state index in [4.69, 9.17) is 20.9 Å². The fraction of sp³-hybridized carbons (Fsp3) is 0.100. The first-order chi connectivity index (χ1) is 6.79. The van der Waals surface area contributed by atoms with Crippen LogP contribution >= 0.6 is 11.6 Å². The van der Waals surface area contributed by atoms with Gasteiger partial charge in [-0.1, -0.05) is 17.3 Å². The summed E-state index contributed by atoms with van der Waals surface area (Å²) >= 11 is 5.62. The van der Waals surface area contributed by atoms with E-state index in [9.17, 15) is 0 Å². The van der Waals surface area contributed by atoms with E-state index in [1.807, 2.05) is 24.3 Å². The van der Waals surface area contributed by atoms with Crippen LogP contribution in [-0.2, 0) is 0 Å². The molecule has 2 rings (SSSR count). The molecule has 4 heteroatoms. The van der Waals surface area contributed by atoms with Crippen LogP contribution in [0.1, 0.15) is 0 Å². The van der Waals surface area contributed by atoms with Crippen LogP contribution in [0.15, 0.2) is 34.9 Å². The topological polar surface area (TPSA) is 35.3 Å². The highest BCUT2D eigenvalue weighted by atomic mass is 35.5. The highest BCUT2D eigenvalue weighted by Gasteiger charge is 2.04. The van der Waals surface area contributed by atoms with Crippen molar-refractivity contribution < 1.29 is 9.26 Å². The Morgan fingerprint density at radius 3 is 2.86 bits per heavy atom. The number of hydrogen-bond donors (Lipinski definition) is 0. The minimum Gasteiger partial charge on any atom is -0.497 e. The largest absolute Gasteiger partial charge is 0.497 e. The molecule has 0 amide bonds. The fourth-order valence-corrected chi connectivity index (χ4v) is 1.31. The number of methoxy groups -OCH3 is 1. The second kappa shape index (κ2) is 3.72.